The predicted molar refractivity (Wildman–Crippen MR) is 87.1 cm³/mol. The lowest BCUT2D eigenvalue weighted by atomic mass is 10.3. The van der Waals surface area contributed by atoms with Gasteiger partial charge in [-0.15, -0.1) is 0 Å². The zero-order valence-electron chi connectivity index (χ0n) is 11.6. The van der Waals surface area contributed by atoms with Crippen LogP contribution in [0.15, 0.2) is 59.9 Å². The number of hydrogen-bond acceptors (Lipinski definition) is 4. The number of hydrogen-bond donors (Lipinski definition) is 1. The van der Waals surface area contributed by atoms with Gasteiger partial charge in [0.2, 0.25) is 0 Å². The molecule has 1 amide bonds. The van der Waals surface area contributed by atoms with Gasteiger partial charge >= 0.3 is 0 Å². The van der Waals surface area contributed by atoms with Crippen LogP contribution >= 0.6 is 23.5 Å². The van der Waals surface area contributed by atoms with Crippen LogP contribution in [-0.4, -0.2) is 20.1 Å². The number of aromatic nitrogens is 3. The first-order chi connectivity index (χ1) is 11.1. The second-order valence-electron chi connectivity index (χ2n) is 4.47. The van der Waals surface area contributed by atoms with E-state index in [1.807, 2.05) is 0 Å². The minimum atomic E-state index is -0.472. The highest BCUT2D eigenvalue weighted by Gasteiger charge is 2.09. The van der Waals surface area contributed by atoms with E-state index in [0.717, 1.165) is 4.90 Å². The standard InChI is InChI=1S/C15H10ClFN4OS/c16-12-7-11(4-5-13(12)17)23-21-9-10(8-19-21)20-15(22)14-3-1-2-6-18-14/h1-9H,(H,20,22). The van der Waals surface area contributed by atoms with Crippen LogP contribution in [0, 0.1) is 5.82 Å². The first kappa shape index (κ1) is 15.5. The lowest BCUT2D eigenvalue weighted by Crippen LogP contribution is -2.12. The average molecular weight is 349 g/mol. The van der Waals surface area contributed by atoms with Crippen molar-refractivity contribution < 1.29 is 9.18 Å². The summed E-state index contributed by atoms with van der Waals surface area (Å²) in [5, 5.41) is 6.87. The van der Waals surface area contributed by atoms with Gasteiger partial charge in [0.15, 0.2) is 0 Å². The van der Waals surface area contributed by atoms with Gasteiger partial charge in [-0.05, 0) is 30.3 Å². The Morgan fingerprint density at radius 1 is 1.30 bits per heavy atom. The molecule has 3 aromatic rings. The topological polar surface area (TPSA) is 59.8 Å². The molecule has 0 aliphatic carbocycles. The predicted octanol–water partition coefficient (Wildman–Crippen LogP) is 3.88. The van der Waals surface area contributed by atoms with Crippen molar-refractivity contribution in [3.63, 3.8) is 0 Å². The summed E-state index contributed by atoms with van der Waals surface area (Å²) in [4.78, 5) is 16.7. The average Bonchev–Trinajstić information content (AvgIpc) is 2.99. The Balaban J connectivity index is 1.68. The maximum atomic E-state index is 13.1. The summed E-state index contributed by atoms with van der Waals surface area (Å²) in [6.45, 7) is 0. The van der Waals surface area contributed by atoms with E-state index in [1.54, 1.807) is 36.7 Å². The number of nitrogens with one attached hydrogen (secondary N) is 1. The molecule has 2 aromatic heterocycles. The number of halogens is 2. The third-order valence-corrected chi connectivity index (χ3v) is 3.95. The zero-order valence-corrected chi connectivity index (χ0v) is 13.2. The summed E-state index contributed by atoms with van der Waals surface area (Å²) in [5.74, 6) is -0.792. The van der Waals surface area contributed by atoms with Gasteiger partial charge in [-0.2, -0.15) is 5.10 Å². The van der Waals surface area contributed by atoms with Gasteiger partial charge in [0.05, 0.1) is 23.1 Å². The number of pyridine rings is 1. The third kappa shape index (κ3) is 3.88. The Morgan fingerprint density at radius 3 is 2.91 bits per heavy atom. The fourth-order valence-corrected chi connectivity index (χ4v) is 2.77. The van der Waals surface area contributed by atoms with Crippen molar-refractivity contribution in [2.24, 2.45) is 0 Å². The second kappa shape index (κ2) is 6.80. The van der Waals surface area contributed by atoms with Crippen LogP contribution in [0.25, 0.3) is 0 Å². The molecular weight excluding hydrogens is 339 g/mol. The Hall–Kier alpha value is -2.38. The van der Waals surface area contributed by atoms with Crippen LogP contribution in [0.5, 0.6) is 0 Å². The van der Waals surface area contributed by atoms with E-state index in [2.05, 4.69) is 15.4 Å². The lowest BCUT2D eigenvalue weighted by Gasteiger charge is -2.02. The number of benzene rings is 1. The van der Waals surface area contributed by atoms with Crippen LogP contribution in [0.2, 0.25) is 5.02 Å². The summed E-state index contributed by atoms with van der Waals surface area (Å²) in [6.07, 6.45) is 4.70. The summed E-state index contributed by atoms with van der Waals surface area (Å²) >= 11 is 6.98. The minimum Gasteiger partial charge on any atom is -0.318 e. The molecule has 2 heterocycles. The van der Waals surface area contributed by atoms with E-state index < -0.39 is 5.82 Å². The van der Waals surface area contributed by atoms with E-state index in [0.29, 0.717) is 11.4 Å². The van der Waals surface area contributed by atoms with Gasteiger partial charge in [0, 0.05) is 23.0 Å². The molecule has 0 atom stereocenters. The molecule has 0 unspecified atom stereocenters. The van der Waals surface area contributed by atoms with Gasteiger partial charge in [0.25, 0.3) is 5.91 Å². The molecule has 0 aliphatic rings. The zero-order chi connectivity index (χ0) is 16.2. The van der Waals surface area contributed by atoms with E-state index in [9.17, 15) is 9.18 Å². The molecule has 8 heteroatoms. The number of amides is 1. The Kier molecular flexibility index (Phi) is 4.59. The van der Waals surface area contributed by atoms with E-state index in [1.165, 1.54) is 34.4 Å². The highest BCUT2D eigenvalue weighted by atomic mass is 35.5. The van der Waals surface area contributed by atoms with Gasteiger partial charge in [-0.1, -0.05) is 17.7 Å². The summed E-state index contributed by atoms with van der Waals surface area (Å²) in [5.41, 5.74) is 0.847. The first-order valence-corrected chi connectivity index (χ1v) is 7.67. The van der Waals surface area contributed by atoms with Gasteiger partial charge in [0.1, 0.15) is 11.5 Å². The fourth-order valence-electron chi connectivity index (χ4n) is 1.75. The number of nitrogens with zero attached hydrogens (tertiary/aromatic N) is 3. The van der Waals surface area contributed by atoms with Crippen molar-refractivity contribution in [2.75, 3.05) is 5.32 Å². The monoisotopic (exact) mass is 348 g/mol. The molecular formula is C15H10ClFN4OS. The largest absolute Gasteiger partial charge is 0.318 e. The maximum Gasteiger partial charge on any atom is 0.274 e. The molecule has 5 nitrogen and oxygen atoms in total. The molecule has 1 aromatic carbocycles. The van der Waals surface area contributed by atoms with Crippen molar-refractivity contribution in [1.82, 2.24) is 14.2 Å². The van der Waals surface area contributed by atoms with Gasteiger partial charge in [-0.25, -0.2) is 8.48 Å². The normalized spacial score (nSPS) is 10.5. The van der Waals surface area contributed by atoms with Crippen molar-refractivity contribution in [2.45, 2.75) is 4.90 Å². The fraction of sp³-hybridized carbons (Fsp3) is 0. The van der Waals surface area contributed by atoms with Crippen molar-refractivity contribution in [1.29, 1.82) is 0 Å². The molecule has 0 aliphatic heterocycles. The number of anilines is 1. The van der Waals surface area contributed by atoms with E-state index in [4.69, 9.17) is 11.6 Å². The molecule has 1 N–H and O–H groups in total. The Morgan fingerprint density at radius 2 is 2.17 bits per heavy atom. The highest BCUT2D eigenvalue weighted by Crippen LogP contribution is 2.25. The second-order valence-corrected chi connectivity index (χ2v) is 5.90. The number of carbonyl (C=O) groups excluding carboxylic acids is 1. The van der Waals surface area contributed by atoms with E-state index in [-0.39, 0.29) is 10.9 Å². The first-order valence-electron chi connectivity index (χ1n) is 6.52. The molecule has 0 saturated heterocycles. The van der Waals surface area contributed by atoms with Crippen molar-refractivity contribution in [3.05, 3.63) is 71.5 Å². The number of rotatable bonds is 4. The van der Waals surface area contributed by atoms with Gasteiger partial charge in [-0.3, -0.25) is 9.78 Å². The smallest absolute Gasteiger partial charge is 0.274 e. The van der Waals surface area contributed by atoms with Crippen molar-refractivity contribution >= 4 is 35.1 Å². The van der Waals surface area contributed by atoms with Crippen LogP contribution in [0.1, 0.15) is 10.5 Å². The molecule has 3 rings (SSSR count). The highest BCUT2D eigenvalue weighted by molar-refractivity contribution is 7.97. The summed E-state index contributed by atoms with van der Waals surface area (Å²) < 4.78 is 14.7. The Labute approximate surface area is 140 Å². The molecule has 0 radical (unpaired) electrons. The minimum absolute atomic E-state index is 0.0471. The quantitative estimate of drug-likeness (QED) is 0.777. The lowest BCUT2D eigenvalue weighted by molar-refractivity contribution is 0.102. The van der Waals surface area contributed by atoms with Crippen LogP contribution < -0.4 is 5.32 Å². The molecule has 116 valence electrons. The molecule has 23 heavy (non-hydrogen) atoms. The van der Waals surface area contributed by atoms with Crippen molar-refractivity contribution in [3.8, 4) is 0 Å². The molecule has 0 spiro atoms. The van der Waals surface area contributed by atoms with Crippen LogP contribution in [0.3, 0.4) is 0 Å². The molecule has 0 bridgehead atoms. The Bertz CT molecular complexity index is 841. The van der Waals surface area contributed by atoms with E-state index >= 15 is 0 Å². The summed E-state index contributed by atoms with van der Waals surface area (Å²) in [6, 6.07) is 9.49. The molecule has 0 saturated carbocycles. The molecule has 0 fully saturated rings. The van der Waals surface area contributed by atoms with Crippen LogP contribution in [-0.2, 0) is 0 Å². The van der Waals surface area contributed by atoms with Gasteiger partial charge < -0.3 is 5.32 Å². The maximum absolute atomic E-state index is 13.1. The number of carbonyl (C=O) groups is 1. The third-order valence-electron chi connectivity index (χ3n) is 2.81. The SMILES string of the molecule is O=C(Nc1cnn(Sc2ccc(F)c(Cl)c2)c1)c1ccccn1. The summed E-state index contributed by atoms with van der Waals surface area (Å²) in [7, 11) is 0. The van der Waals surface area contributed by atoms with Crippen LogP contribution in [0.4, 0.5) is 10.1 Å².